The second kappa shape index (κ2) is 6.34. The third-order valence-corrected chi connectivity index (χ3v) is 3.11. The summed E-state index contributed by atoms with van der Waals surface area (Å²) in [6, 6.07) is 14.7. The van der Waals surface area contributed by atoms with Crippen molar-refractivity contribution < 1.29 is 9.13 Å². The van der Waals surface area contributed by atoms with Crippen LogP contribution in [0.2, 0.25) is 0 Å². The van der Waals surface area contributed by atoms with Crippen LogP contribution in [0.4, 0.5) is 4.39 Å². The first kappa shape index (κ1) is 13.6. The van der Waals surface area contributed by atoms with E-state index in [4.69, 9.17) is 4.74 Å². The van der Waals surface area contributed by atoms with Gasteiger partial charge in [-0.1, -0.05) is 36.4 Å². The van der Waals surface area contributed by atoms with Gasteiger partial charge in [-0.25, -0.2) is 4.39 Å². The zero-order chi connectivity index (χ0) is 13.7. The molecule has 2 aromatic carbocycles. The van der Waals surface area contributed by atoms with Gasteiger partial charge in [0.1, 0.15) is 18.2 Å². The molecule has 2 aromatic rings. The van der Waals surface area contributed by atoms with E-state index in [0.717, 1.165) is 11.1 Å². The molecule has 0 aromatic heterocycles. The molecule has 1 N–H and O–H groups in total. The number of aryl methyl sites for hydroxylation is 1. The van der Waals surface area contributed by atoms with E-state index in [1.807, 2.05) is 44.3 Å². The van der Waals surface area contributed by atoms with Crippen molar-refractivity contribution in [3.63, 3.8) is 0 Å². The van der Waals surface area contributed by atoms with Crippen molar-refractivity contribution in [2.24, 2.45) is 0 Å². The molecular formula is C16H18FNO. The zero-order valence-corrected chi connectivity index (χ0v) is 11.2. The first-order chi connectivity index (χ1) is 9.20. The first-order valence-electron chi connectivity index (χ1n) is 6.32. The number of halogens is 1. The Bertz CT molecular complexity index is 528. The van der Waals surface area contributed by atoms with E-state index < -0.39 is 0 Å². The van der Waals surface area contributed by atoms with Crippen molar-refractivity contribution in [2.75, 3.05) is 13.7 Å². The fraction of sp³-hybridized carbons (Fsp3) is 0.250. The molecule has 0 heterocycles. The summed E-state index contributed by atoms with van der Waals surface area (Å²) in [5.74, 6) is 0.317. The third-order valence-electron chi connectivity index (χ3n) is 3.11. The van der Waals surface area contributed by atoms with Gasteiger partial charge >= 0.3 is 0 Å². The van der Waals surface area contributed by atoms with Crippen molar-refractivity contribution in [2.45, 2.75) is 13.0 Å². The van der Waals surface area contributed by atoms with Gasteiger partial charge in [0.25, 0.3) is 0 Å². The SMILES string of the molecule is CNC(COc1cc(F)ccc1C)c1ccccc1. The fourth-order valence-corrected chi connectivity index (χ4v) is 1.93. The Labute approximate surface area is 113 Å². The molecule has 0 bridgehead atoms. The van der Waals surface area contributed by atoms with Crippen LogP contribution in [0.3, 0.4) is 0 Å². The molecule has 0 saturated carbocycles. The Morgan fingerprint density at radius 1 is 1.16 bits per heavy atom. The van der Waals surface area contributed by atoms with Gasteiger partial charge in [0.2, 0.25) is 0 Å². The maximum atomic E-state index is 13.2. The maximum absolute atomic E-state index is 13.2. The van der Waals surface area contributed by atoms with Gasteiger partial charge in [0, 0.05) is 6.07 Å². The highest BCUT2D eigenvalue weighted by Crippen LogP contribution is 2.21. The lowest BCUT2D eigenvalue weighted by atomic mass is 10.1. The second-order valence-corrected chi connectivity index (χ2v) is 4.47. The topological polar surface area (TPSA) is 21.3 Å². The predicted octanol–water partition coefficient (Wildman–Crippen LogP) is 3.47. The first-order valence-corrected chi connectivity index (χ1v) is 6.32. The van der Waals surface area contributed by atoms with Gasteiger partial charge in [-0.3, -0.25) is 0 Å². The monoisotopic (exact) mass is 259 g/mol. The van der Waals surface area contributed by atoms with E-state index in [9.17, 15) is 4.39 Å². The van der Waals surface area contributed by atoms with Gasteiger partial charge < -0.3 is 10.1 Å². The highest BCUT2D eigenvalue weighted by atomic mass is 19.1. The molecule has 0 saturated heterocycles. The quantitative estimate of drug-likeness (QED) is 0.887. The summed E-state index contributed by atoms with van der Waals surface area (Å²) in [6.45, 7) is 2.37. The summed E-state index contributed by atoms with van der Waals surface area (Å²) >= 11 is 0. The van der Waals surface area contributed by atoms with E-state index in [0.29, 0.717) is 12.4 Å². The van der Waals surface area contributed by atoms with Crippen molar-refractivity contribution in [1.29, 1.82) is 0 Å². The molecule has 0 amide bonds. The van der Waals surface area contributed by atoms with Crippen LogP contribution in [0, 0.1) is 12.7 Å². The lowest BCUT2D eigenvalue weighted by Gasteiger charge is -2.18. The van der Waals surface area contributed by atoms with Crippen molar-refractivity contribution in [3.8, 4) is 5.75 Å². The minimum Gasteiger partial charge on any atom is -0.491 e. The average molecular weight is 259 g/mol. The highest BCUT2D eigenvalue weighted by molar-refractivity contribution is 5.32. The number of benzene rings is 2. The number of ether oxygens (including phenoxy) is 1. The molecule has 3 heteroatoms. The molecule has 19 heavy (non-hydrogen) atoms. The molecule has 0 radical (unpaired) electrons. The summed E-state index contributed by atoms with van der Waals surface area (Å²) in [5, 5.41) is 3.20. The van der Waals surface area contributed by atoms with Crippen LogP contribution in [0.5, 0.6) is 5.75 Å². The van der Waals surface area contributed by atoms with E-state index in [1.165, 1.54) is 12.1 Å². The Balaban J connectivity index is 2.06. The Hall–Kier alpha value is -1.87. The Kier molecular flexibility index (Phi) is 4.53. The normalized spacial score (nSPS) is 12.2. The van der Waals surface area contributed by atoms with E-state index >= 15 is 0 Å². The second-order valence-electron chi connectivity index (χ2n) is 4.47. The standard InChI is InChI=1S/C16H18FNO/c1-12-8-9-14(17)10-16(12)19-11-15(18-2)13-6-4-3-5-7-13/h3-10,15,18H,11H2,1-2H3. The van der Waals surface area contributed by atoms with Crippen LogP contribution >= 0.6 is 0 Å². The van der Waals surface area contributed by atoms with E-state index in [1.54, 1.807) is 6.07 Å². The van der Waals surface area contributed by atoms with Crippen LogP contribution in [-0.2, 0) is 0 Å². The van der Waals surface area contributed by atoms with E-state index in [-0.39, 0.29) is 11.9 Å². The molecule has 0 aliphatic heterocycles. The maximum Gasteiger partial charge on any atom is 0.126 e. The molecule has 1 unspecified atom stereocenters. The van der Waals surface area contributed by atoms with Gasteiger partial charge in [-0.2, -0.15) is 0 Å². The molecule has 0 aliphatic carbocycles. The molecular weight excluding hydrogens is 241 g/mol. The van der Waals surface area contributed by atoms with Gasteiger partial charge in [-0.15, -0.1) is 0 Å². The summed E-state index contributed by atoms with van der Waals surface area (Å²) < 4.78 is 18.9. The predicted molar refractivity (Wildman–Crippen MR) is 74.9 cm³/mol. The van der Waals surface area contributed by atoms with Crippen LogP contribution < -0.4 is 10.1 Å². The molecule has 2 nitrogen and oxygen atoms in total. The molecule has 0 fully saturated rings. The summed E-state index contributed by atoms with van der Waals surface area (Å²) in [7, 11) is 1.89. The minimum absolute atomic E-state index is 0.0869. The summed E-state index contributed by atoms with van der Waals surface area (Å²) in [6.07, 6.45) is 0. The smallest absolute Gasteiger partial charge is 0.126 e. The van der Waals surface area contributed by atoms with Gasteiger partial charge in [0.05, 0.1) is 6.04 Å². The molecule has 100 valence electrons. The van der Waals surface area contributed by atoms with Crippen molar-refractivity contribution in [1.82, 2.24) is 5.32 Å². The third kappa shape index (κ3) is 3.55. The molecule has 1 atom stereocenters. The lowest BCUT2D eigenvalue weighted by Crippen LogP contribution is -2.23. The lowest BCUT2D eigenvalue weighted by molar-refractivity contribution is 0.270. The number of hydrogen-bond donors (Lipinski definition) is 1. The molecule has 0 spiro atoms. The average Bonchev–Trinajstić information content (AvgIpc) is 2.44. The molecule has 2 rings (SSSR count). The number of nitrogens with one attached hydrogen (secondary N) is 1. The van der Waals surface area contributed by atoms with Crippen LogP contribution in [0.1, 0.15) is 17.2 Å². The van der Waals surface area contributed by atoms with Crippen LogP contribution in [-0.4, -0.2) is 13.7 Å². The van der Waals surface area contributed by atoms with Crippen molar-refractivity contribution >= 4 is 0 Å². The minimum atomic E-state index is -0.277. The zero-order valence-electron chi connectivity index (χ0n) is 11.2. The highest BCUT2D eigenvalue weighted by Gasteiger charge is 2.10. The van der Waals surface area contributed by atoms with Gasteiger partial charge in [0.15, 0.2) is 0 Å². The number of likely N-dealkylation sites (N-methyl/N-ethyl adjacent to an activating group) is 1. The van der Waals surface area contributed by atoms with E-state index in [2.05, 4.69) is 5.32 Å². The van der Waals surface area contributed by atoms with Crippen LogP contribution in [0.15, 0.2) is 48.5 Å². The largest absolute Gasteiger partial charge is 0.491 e. The summed E-state index contributed by atoms with van der Waals surface area (Å²) in [5.41, 5.74) is 2.09. The molecule has 0 aliphatic rings. The summed E-state index contributed by atoms with van der Waals surface area (Å²) in [4.78, 5) is 0. The Morgan fingerprint density at radius 3 is 2.58 bits per heavy atom. The van der Waals surface area contributed by atoms with Crippen molar-refractivity contribution in [3.05, 3.63) is 65.5 Å². The number of rotatable bonds is 5. The number of hydrogen-bond acceptors (Lipinski definition) is 2. The van der Waals surface area contributed by atoms with Crippen LogP contribution in [0.25, 0.3) is 0 Å². The Morgan fingerprint density at radius 2 is 1.89 bits per heavy atom. The van der Waals surface area contributed by atoms with Gasteiger partial charge in [-0.05, 0) is 31.2 Å². The fourth-order valence-electron chi connectivity index (χ4n) is 1.93.